The lowest BCUT2D eigenvalue weighted by Gasteiger charge is -2.15. The van der Waals surface area contributed by atoms with E-state index in [1.54, 1.807) is 67.6 Å². The first-order chi connectivity index (χ1) is 17.8. The second-order valence-electron chi connectivity index (χ2n) is 9.22. The van der Waals surface area contributed by atoms with Gasteiger partial charge in [-0.2, -0.15) is 0 Å². The number of benzene rings is 3. The second-order valence-corrected chi connectivity index (χ2v) is 9.22. The van der Waals surface area contributed by atoms with Gasteiger partial charge in [-0.05, 0) is 67.3 Å². The molecule has 188 valence electrons. The fraction of sp³-hybridized carbons (Fsp3) is 0.214. The number of amides is 2. The molecule has 0 saturated heterocycles. The van der Waals surface area contributed by atoms with Gasteiger partial charge in [0, 0.05) is 11.7 Å². The summed E-state index contributed by atoms with van der Waals surface area (Å²) in [4.78, 5) is 51.7. The topological polar surface area (TPSA) is 102 Å². The number of anilines is 1. The number of halogens is 1. The van der Waals surface area contributed by atoms with Crippen LogP contribution in [-0.4, -0.2) is 27.0 Å². The minimum atomic E-state index is -0.687. The highest BCUT2D eigenvalue weighted by Gasteiger charge is 2.23. The molecule has 4 aromatic rings. The summed E-state index contributed by atoms with van der Waals surface area (Å²) in [5, 5.41) is 5.80. The number of hydrogen-bond donors (Lipinski definition) is 2. The third-order valence-electron chi connectivity index (χ3n) is 6.31. The fourth-order valence-electron chi connectivity index (χ4n) is 4.17. The Morgan fingerprint density at radius 3 is 2.41 bits per heavy atom. The summed E-state index contributed by atoms with van der Waals surface area (Å²) in [6.07, 6.45) is 2.21. The van der Waals surface area contributed by atoms with Crippen molar-refractivity contribution in [1.82, 2.24) is 14.5 Å². The van der Waals surface area contributed by atoms with E-state index in [2.05, 4.69) is 10.6 Å². The van der Waals surface area contributed by atoms with Crippen LogP contribution in [0.25, 0.3) is 16.6 Å². The number of para-hydroxylation sites is 1. The summed E-state index contributed by atoms with van der Waals surface area (Å²) < 4.78 is 16.1. The molecule has 37 heavy (non-hydrogen) atoms. The zero-order chi connectivity index (χ0) is 26.1. The Hall–Kier alpha value is -4.53. The van der Waals surface area contributed by atoms with E-state index in [4.69, 9.17) is 0 Å². The monoisotopic (exact) mass is 500 g/mol. The van der Waals surface area contributed by atoms with E-state index < -0.39 is 23.0 Å². The number of nitrogens with zero attached hydrogens (tertiary/aromatic N) is 2. The van der Waals surface area contributed by atoms with E-state index in [9.17, 15) is 23.6 Å². The first-order valence-corrected chi connectivity index (χ1v) is 12.0. The molecule has 0 bridgehead atoms. The van der Waals surface area contributed by atoms with Crippen LogP contribution in [0.3, 0.4) is 0 Å². The highest BCUT2D eigenvalue weighted by molar-refractivity contribution is 5.91. The second kappa shape index (κ2) is 9.85. The minimum absolute atomic E-state index is 0.0695. The summed E-state index contributed by atoms with van der Waals surface area (Å²) in [7, 11) is 0. The van der Waals surface area contributed by atoms with Gasteiger partial charge in [0.2, 0.25) is 11.8 Å². The van der Waals surface area contributed by atoms with Gasteiger partial charge in [-0.1, -0.05) is 30.3 Å². The highest BCUT2D eigenvalue weighted by atomic mass is 19.1. The van der Waals surface area contributed by atoms with Crippen LogP contribution in [0.1, 0.15) is 24.0 Å². The van der Waals surface area contributed by atoms with Crippen molar-refractivity contribution in [1.29, 1.82) is 0 Å². The molecule has 0 aliphatic heterocycles. The van der Waals surface area contributed by atoms with E-state index in [0.717, 1.165) is 23.0 Å². The summed E-state index contributed by atoms with van der Waals surface area (Å²) in [6.45, 7) is 1.24. The third kappa shape index (κ3) is 5.20. The number of rotatable bonds is 7. The molecule has 1 fully saturated rings. The van der Waals surface area contributed by atoms with Crippen molar-refractivity contribution in [2.24, 2.45) is 0 Å². The molecule has 8 nitrogen and oxygen atoms in total. The Morgan fingerprint density at radius 2 is 1.70 bits per heavy atom. The smallest absolute Gasteiger partial charge is 0.336 e. The zero-order valence-electron chi connectivity index (χ0n) is 20.2. The molecule has 3 aromatic carbocycles. The molecule has 1 heterocycles. The molecule has 2 amide bonds. The molecule has 2 N–H and O–H groups in total. The summed E-state index contributed by atoms with van der Waals surface area (Å²) >= 11 is 0. The maximum absolute atomic E-state index is 13.9. The normalized spacial score (nSPS) is 12.9. The van der Waals surface area contributed by atoms with Crippen molar-refractivity contribution in [2.75, 3.05) is 5.32 Å². The number of aryl methyl sites for hydroxylation is 1. The van der Waals surface area contributed by atoms with Gasteiger partial charge in [-0.15, -0.1) is 0 Å². The molecular formula is C28H25FN4O4. The molecular weight excluding hydrogens is 475 g/mol. The fourth-order valence-corrected chi connectivity index (χ4v) is 4.17. The molecule has 0 atom stereocenters. The maximum atomic E-state index is 13.9. The van der Waals surface area contributed by atoms with Crippen LogP contribution < -0.4 is 21.9 Å². The molecule has 0 unspecified atom stereocenters. The molecule has 9 heteroatoms. The molecule has 0 radical (unpaired) electrons. The third-order valence-corrected chi connectivity index (χ3v) is 6.31. The van der Waals surface area contributed by atoms with Gasteiger partial charge in [-0.25, -0.2) is 13.8 Å². The van der Waals surface area contributed by atoms with Crippen molar-refractivity contribution < 1.29 is 14.0 Å². The predicted octanol–water partition coefficient (Wildman–Crippen LogP) is 3.06. The average molecular weight is 501 g/mol. The van der Waals surface area contributed by atoms with Crippen LogP contribution in [0.4, 0.5) is 10.1 Å². The van der Waals surface area contributed by atoms with E-state index in [1.165, 1.54) is 10.6 Å². The van der Waals surface area contributed by atoms with Gasteiger partial charge < -0.3 is 10.6 Å². The Kier molecular flexibility index (Phi) is 6.43. The molecule has 1 saturated carbocycles. The largest absolute Gasteiger partial charge is 0.353 e. The lowest BCUT2D eigenvalue weighted by Crippen LogP contribution is -2.40. The van der Waals surface area contributed by atoms with Crippen LogP contribution in [-0.2, 0) is 22.6 Å². The Balaban J connectivity index is 1.47. The highest BCUT2D eigenvalue weighted by Crippen LogP contribution is 2.19. The standard InChI is InChI=1S/C28H25FN4O4/c1-17-6-9-20(15-23(17)29)31-26(35)16-32-24-5-3-2-4-22(24)27(36)33(28(32)37)21-12-7-18(8-13-21)14-25(34)30-19-10-11-19/h2-9,12-13,15,19H,10-11,14,16H2,1H3,(H,30,34)(H,31,35). The van der Waals surface area contributed by atoms with Crippen molar-refractivity contribution >= 4 is 28.4 Å². The van der Waals surface area contributed by atoms with E-state index in [-0.39, 0.29) is 36.0 Å². The minimum Gasteiger partial charge on any atom is -0.353 e. The van der Waals surface area contributed by atoms with Crippen LogP contribution in [0, 0.1) is 12.7 Å². The average Bonchev–Trinajstić information content (AvgIpc) is 3.69. The molecule has 1 aliphatic carbocycles. The predicted molar refractivity (Wildman–Crippen MR) is 138 cm³/mol. The zero-order valence-corrected chi connectivity index (χ0v) is 20.2. The number of hydrogen-bond acceptors (Lipinski definition) is 4. The first-order valence-electron chi connectivity index (χ1n) is 12.0. The number of aromatic nitrogens is 2. The van der Waals surface area contributed by atoms with Crippen molar-refractivity contribution in [3.8, 4) is 5.69 Å². The molecule has 1 aliphatic rings. The van der Waals surface area contributed by atoms with E-state index in [1.807, 2.05) is 0 Å². The Morgan fingerprint density at radius 1 is 0.973 bits per heavy atom. The molecule has 0 spiro atoms. The maximum Gasteiger partial charge on any atom is 0.336 e. The van der Waals surface area contributed by atoms with Crippen LogP contribution >= 0.6 is 0 Å². The van der Waals surface area contributed by atoms with Gasteiger partial charge >= 0.3 is 5.69 Å². The molecule has 5 rings (SSSR count). The summed E-state index contributed by atoms with van der Waals surface area (Å²) in [6, 6.07) is 17.8. The van der Waals surface area contributed by atoms with E-state index in [0.29, 0.717) is 16.8 Å². The van der Waals surface area contributed by atoms with Crippen molar-refractivity contribution in [3.63, 3.8) is 0 Å². The number of fused-ring (bicyclic) bond motifs is 1. The quantitative estimate of drug-likeness (QED) is 0.407. The van der Waals surface area contributed by atoms with Crippen LogP contribution in [0.5, 0.6) is 0 Å². The van der Waals surface area contributed by atoms with Crippen LogP contribution in [0.15, 0.2) is 76.3 Å². The number of carbonyl (C=O) groups is 2. The first kappa shape index (κ1) is 24.2. The van der Waals surface area contributed by atoms with Crippen LogP contribution in [0.2, 0.25) is 0 Å². The Labute approximate surface area is 211 Å². The van der Waals surface area contributed by atoms with E-state index >= 15 is 0 Å². The SMILES string of the molecule is Cc1ccc(NC(=O)Cn2c(=O)n(-c3ccc(CC(=O)NC4CC4)cc3)c(=O)c3ccccc32)cc1F. The molecule has 1 aromatic heterocycles. The van der Waals surface area contributed by atoms with Crippen molar-refractivity contribution in [3.05, 3.63) is 105 Å². The summed E-state index contributed by atoms with van der Waals surface area (Å²) in [5.41, 5.74) is 0.891. The lowest BCUT2D eigenvalue weighted by atomic mass is 10.1. The summed E-state index contributed by atoms with van der Waals surface area (Å²) in [5.74, 6) is -1.07. The van der Waals surface area contributed by atoms with Gasteiger partial charge in [-0.3, -0.25) is 19.0 Å². The Bertz CT molecular complexity index is 1640. The van der Waals surface area contributed by atoms with Crippen molar-refractivity contribution in [2.45, 2.75) is 38.8 Å². The van der Waals surface area contributed by atoms with Gasteiger partial charge in [0.05, 0.1) is 23.0 Å². The number of carbonyl (C=O) groups excluding carboxylic acids is 2. The van der Waals surface area contributed by atoms with Gasteiger partial charge in [0.1, 0.15) is 12.4 Å². The number of nitrogens with one attached hydrogen (secondary N) is 2. The van der Waals surface area contributed by atoms with Gasteiger partial charge in [0.15, 0.2) is 0 Å². The van der Waals surface area contributed by atoms with Gasteiger partial charge in [0.25, 0.3) is 5.56 Å². The lowest BCUT2D eigenvalue weighted by molar-refractivity contribution is -0.120.